The highest BCUT2D eigenvalue weighted by Gasteiger charge is 2.11. The molecule has 5 nitrogen and oxygen atoms in total. The summed E-state index contributed by atoms with van der Waals surface area (Å²) in [6.07, 6.45) is 9.11. The molecular formula is C17H17N5S. The first-order valence-corrected chi connectivity index (χ1v) is 8.35. The number of thioether (sulfide) groups is 1. The SMILES string of the molecule is C#CCn1cnc2c(N)nc(SCCCc3ccccc3)nc21. The summed E-state index contributed by atoms with van der Waals surface area (Å²) in [7, 11) is 0. The number of rotatable bonds is 6. The van der Waals surface area contributed by atoms with E-state index < -0.39 is 0 Å². The van der Waals surface area contributed by atoms with E-state index in [-0.39, 0.29) is 0 Å². The Morgan fingerprint density at radius 3 is 2.83 bits per heavy atom. The Hall–Kier alpha value is -2.52. The lowest BCUT2D eigenvalue weighted by Gasteiger charge is -2.04. The molecule has 1 aromatic carbocycles. The Kier molecular flexibility index (Phi) is 4.79. The largest absolute Gasteiger partial charge is 0.382 e. The second kappa shape index (κ2) is 7.16. The highest BCUT2D eigenvalue weighted by molar-refractivity contribution is 7.99. The van der Waals surface area contributed by atoms with E-state index >= 15 is 0 Å². The van der Waals surface area contributed by atoms with Gasteiger partial charge >= 0.3 is 0 Å². The van der Waals surface area contributed by atoms with Crippen molar-refractivity contribution in [2.24, 2.45) is 0 Å². The van der Waals surface area contributed by atoms with Crippen molar-refractivity contribution in [2.45, 2.75) is 24.5 Å². The number of nitrogens with two attached hydrogens (primary N) is 1. The highest BCUT2D eigenvalue weighted by Crippen LogP contribution is 2.22. The second-order valence-corrected chi connectivity index (χ2v) is 6.14. The van der Waals surface area contributed by atoms with Gasteiger partial charge in [-0.3, -0.25) is 0 Å². The summed E-state index contributed by atoms with van der Waals surface area (Å²) in [4.78, 5) is 13.1. The maximum atomic E-state index is 5.97. The van der Waals surface area contributed by atoms with Gasteiger partial charge in [-0.05, 0) is 18.4 Å². The van der Waals surface area contributed by atoms with Crippen LogP contribution in [0.2, 0.25) is 0 Å². The second-order valence-electron chi connectivity index (χ2n) is 5.08. The average molecular weight is 323 g/mol. The van der Waals surface area contributed by atoms with Crippen molar-refractivity contribution in [1.29, 1.82) is 0 Å². The van der Waals surface area contributed by atoms with Gasteiger partial charge in [0.25, 0.3) is 0 Å². The van der Waals surface area contributed by atoms with Crippen molar-refractivity contribution in [3.63, 3.8) is 0 Å². The lowest BCUT2D eigenvalue weighted by atomic mass is 10.1. The first-order chi connectivity index (χ1) is 11.3. The number of fused-ring (bicyclic) bond motifs is 1. The summed E-state index contributed by atoms with van der Waals surface area (Å²) in [6.45, 7) is 0.422. The van der Waals surface area contributed by atoms with Crippen LogP contribution in [0.1, 0.15) is 12.0 Å². The molecule has 0 unspecified atom stereocenters. The number of benzene rings is 1. The molecule has 0 atom stereocenters. The van der Waals surface area contributed by atoms with Gasteiger partial charge in [-0.2, -0.15) is 0 Å². The minimum Gasteiger partial charge on any atom is -0.382 e. The fourth-order valence-electron chi connectivity index (χ4n) is 2.31. The summed E-state index contributed by atoms with van der Waals surface area (Å²) < 4.78 is 1.81. The third-order valence-electron chi connectivity index (χ3n) is 3.42. The van der Waals surface area contributed by atoms with Crippen LogP contribution in [0.3, 0.4) is 0 Å². The third-order valence-corrected chi connectivity index (χ3v) is 4.35. The first kappa shape index (κ1) is 15.4. The minimum absolute atomic E-state index is 0.399. The molecule has 0 radical (unpaired) electrons. The maximum Gasteiger partial charge on any atom is 0.191 e. The molecule has 116 valence electrons. The van der Waals surface area contributed by atoms with Gasteiger partial charge in [-0.15, -0.1) is 6.42 Å². The molecule has 2 aromatic heterocycles. The van der Waals surface area contributed by atoms with Gasteiger partial charge in [-0.25, -0.2) is 15.0 Å². The summed E-state index contributed by atoms with van der Waals surface area (Å²) in [5, 5.41) is 0.668. The van der Waals surface area contributed by atoms with Crippen LogP contribution in [-0.2, 0) is 13.0 Å². The molecule has 0 amide bonds. The lowest BCUT2D eigenvalue weighted by Crippen LogP contribution is -2.01. The number of aromatic nitrogens is 4. The number of aryl methyl sites for hydroxylation is 1. The van der Waals surface area contributed by atoms with E-state index in [1.54, 1.807) is 22.7 Å². The molecule has 3 rings (SSSR count). The quantitative estimate of drug-likeness (QED) is 0.327. The van der Waals surface area contributed by atoms with Crippen LogP contribution in [-0.4, -0.2) is 25.3 Å². The Labute approximate surface area is 139 Å². The monoisotopic (exact) mass is 323 g/mol. The number of nitrogen functional groups attached to an aromatic ring is 1. The molecule has 0 bridgehead atoms. The average Bonchev–Trinajstić information content (AvgIpc) is 2.97. The molecule has 0 aliphatic heterocycles. The molecule has 3 aromatic rings. The van der Waals surface area contributed by atoms with Crippen LogP contribution in [0.15, 0.2) is 41.8 Å². The van der Waals surface area contributed by atoms with E-state index in [0.717, 1.165) is 18.6 Å². The van der Waals surface area contributed by atoms with Crippen LogP contribution < -0.4 is 5.73 Å². The van der Waals surface area contributed by atoms with E-state index in [2.05, 4.69) is 45.1 Å². The fraction of sp³-hybridized carbons (Fsp3) is 0.235. The Bertz CT molecular complexity index is 835. The zero-order chi connectivity index (χ0) is 16.1. The zero-order valence-electron chi connectivity index (χ0n) is 12.6. The van der Waals surface area contributed by atoms with Crippen LogP contribution in [0.4, 0.5) is 5.82 Å². The lowest BCUT2D eigenvalue weighted by molar-refractivity contribution is 0.843. The molecule has 2 heterocycles. The number of nitrogens with zero attached hydrogens (tertiary/aromatic N) is 4. The number of terminal acetylenes is 1. The molecule has 0 aliphatic rings. The van der Waals surface area contributed by atoms with E-state index in [0.29, 0.717) is 28.7 Å². The molecule has 23 heavy (non-hydrogen) atoms. The summed E-state index contributed by atoms with van der Waals surface area (Å²) in [5.41, 5.74) is 8.61. The van der Waals surface area contributed by atoms with Gasteiger partial charge in [0.2, 0.25) is 0 Å². The van der Waals surface area contributed by atoms with E-state index in [4.69, 9.17) is 12.2 Å². The fourth-order valence-corrected chi connectivity index (χ4v) is 3.09. The van der Waals surface area contributed by atoms with Gasteiger partial charge in [0.1, 0.15) is 5.52 Å². The van der Waals surface area contributed by atoms with E-state index in [1.807, 2.05) is 6.07 Å². The Morgan fingerprint density at radius 2 is 2.04 bits per heavy atom. The standard InChI is InChI=1S/C17H17N5S/c1-2-10-22-12-19-14-15(18)20-17(21-16(14)22)23-11-6-9-13-7-4-3-5-8-13/h1,3-5,7-8,12H,6,9-11H2,(H2,18,20,21). The predicted molar refractivity (Wildman–Crippen MR) is 94.1 cm³/mol. The number of imidazole rings is 1. The summed E-state index contributed by atoms with van der Waals surface area (Å²) in [5.74, 6) is 3.92. The number of hydrogen-bond acceptors (Lipinski definition) is 5. The van der Waals surface area contributed by atoms with E-state index in [1.165, 1.54) is 5.56 Å². The molecule has 0 aliphatic carbocycles. The van der Waals surface area contributed by atoms with Crippen molar-refractivity contribution in [2.75, 3.05) is 11.5 Å². The van der Waals surface area contributed by atoms with Gasteiger partial charge in [0, 0.05) is 5.75 Å². The van der Waals surface area contributed by atoms with Crippen LogP contribution >= 0.6 is 11.8 Å². The van der Waals surface area contributed by atoms with Crippen molar-refractivity contribution < 1.29 is 0 Å². The minimum atomic E-state index is 0.399. The topological polar surface area (TPSA) is 69.6 Å². The predicted octanol–water partition coefficient (Wildman–Crippen LogP) is 2.77. The first-order valence-electron chi connectivity index (χ1n) is 7.36. The molecule has 0 saturated carbocycles. The molecule has 6 heteroatoms. The summed E-state index contributed by atoms with van der Waals surface area (Å²) in [6, 6.07) is 10.4. The maximum absolute atomic E-state index is 5.97. The smallest absolute Gasteiger partial charge is 0.191 e. The van der Waals surface area contributed by atoms with Crippen LogP contribution in [0.25, 0.3) is 11.2 Å². The normalized spacial score (nSPS) is 10.7. The van der Waals surface area contributed by atoms with Gasteiger partial charge < -0.3 is 10.3 Å². The summed E-state index contributed by atoms with van der Waals surface area (Å²) >= 11 is 1.60. The molecular weight excluding hydrogens is 306 g/mol. The van der Waals surface area contributed by atoms with Gasteiger partial charge in [0.15, 0.2) is 16.6 Å². The molecule has 0 saturated heterocycles. The van der Waals surface area contributed by atoms with Crippen molar-refractivity contribution in [3.8, 4) is 12.3 Å². The molecule has 0 spiro atoms. The van der Waals surface area contributed by atoms with Crippen LogP contribution in [0.5, 0.6) is 0 Å². The Morgan fingerprint density at radius 1 is 1.22 bits per heavy atom. The molecule has 0 fully saturated rings. The van der Waals surface area contributed by atoms with Crippen molar-refractivity contribution >= 4 is 28.7 Å². The van der Waals surface area contributed by atoms with Gasteiger partial charge in [-0.1, -0.05) is 48.0 Å². The number of anilines is 1. The molecule has 2 N–H and O–H groups in total. The van der Waals surface area contributed by atoms with Crippen molar-refractivity contribution in [3.05, 3.63) is 42.2 Å². The van der Waals surface area contributed by atoms with Crippen LogP contribution in [0, 0.1) is 12.3 Å². The van der Waals surface area contributed by atoms with E-state index in [9.17, 15) is 0 Å². The van der Waals surface area contributed by atoms with Gasteiger partial charge in [0.05, 0.1) is 12.9 Å². The third kappa shape index (κ3) is 3.63. The zero-order valence-corrected chi connectivity index (χ0v) is 13.5. The van der Waals surface area contributed by atoms with Crippen molar-refractivity contribution in [1.82, 2.24) is 19.5 Å². The highest BCUT2D eigenvalue weighted by atomic mass is 32.2. The Balaban J connectivity index is 1.66. The number of hydrogen-bond donors (Lipinski definition) is 1.